The third-order valence-corrected chi connectivity index (χ3v) is 13.6. The molecule has 0 bridgehead atoms. The molecule has 2 rings (SSSR count). The number of benzene rings is 2. The molecule has 0 radical (unpaired) electrons. The van der Waals surface area contributed by atoms with Gasteiger partial charge < -0.3 is 0 Å². The van der Waals surface area contributed by atoms with E-state index >= 15 is 0 Å². The Kier molecular flexibility index (Phi) is 11.6. The zero-order chi connectivity index (χ0) is 35.7. The molecule has 0 spiro atoms. The monoisotopic (exact) mass is 808 g/mol. The Bertz CT molecular complexity index is 1460. The fraction of sp³-hybridized carbons (Fsp3) is 0.500. The molecule has 46 heavy (non-hydrogen) atoms. The number of hydrogen-bond donors (Lipinski definition) is 0. The summed E-state index contributed by atoms with van der Waals surface area (Å²) >= 11 is -4.79. The molecule has 7 nitrogen and oxygen atoms in total. The third-order valence-electron chi connectivity index (χ3n) is 6.01. The topological polar surface area (TPSA) is 96.0 Å². The van der Waals surface area contributed by atoms with E-state index in [0.717, 1.165) is 24.3 Å². The van der Waals surface area contributed by atoms with E-state index in [2.05, 4.69) is 2.51 Å². The van der Waals surface area contributed by atoms with E-state index in [1.807, 2.05) is 0 Å². The second-order valence-electron chi connectivity index (χ2n) is 11.7. The molecule has 0 aliphatic heterocycles. The minimum atomic E-state index is -7.54. The molecule has 2 aromatic carbocycles. The maximum atomic E-state index is 14.8. The van der Waals surface area contributed by atoms with Crippen LogP contribution < -0.4 is 9.47 Å². The summed E-state index contributed by atoms with van der Waals surface area (Å²) in [6.07, 6.45) is -7.28. The summed E-state index contributed by atoms with van der Waals surface area (Å²) in [5.41, 5.74) is -1.91. The minimum absolute atomic E-state index is 0.378. The van der Waals surface area contributed by atoms with Gasteiger partial charge in [-0.3, -0.25) is 0 Å². The van der Waals surface area contributed by atoms with Crippen LogP contribution in [0.5, 0.6) is 11.5 Å². The molecule has 0 atom stereocenters. The number of rotatable bonds is 13. The number of Topliss-reactive ketones (excluding diaryl/α,β-unsaturated/α-hetero) is 2. The van der Waals surface area contributed by atoms with Gasteiger partial charge in [0.05, 0.1) is 0 Å². The average Bonchev–Trinajstić information content (AvgIpc) is 2.91. The van der Waals surface area contributed by atoms with Gasteiger partial charge in [0.1, 0.15) is 0 Å². The van der Waals surface area contributed by atoms with Crippen molar-refractivity contribution in [3.05, 3.63) is 55.7 Å². The molecule has 0 amide bonds. The van der Waals surface area contributed by atoms with Crippen LogP contribution in [-0.4, -0.2) is 56.5 Å². The Morgan fingerprint density at radius 1 is 0.630 bits per heavy atom. The Morgan fingerprint density at radius 2 is 0.978 bits per heavy atom. The molecule has 0 heterocycles. The van der Waals surface area contributed by atoms with Crippen molar-refractivity contribution in [2.24, 2.45) is 10.8 Å². The van der Waals surface area contributed by atoms with Gasteiger partial charge in [0.15, 0.2) is 0 Å². The fourth-order valence-corrected chi connectivity index (χ4v) is 10.4. The average molecular weight is 808 g/mol. The number of ketones is 2. The van der Waals surface area contributed by atoms with Crippen molar-refractivity contribution in [3.63, 3.8) is 0 Å². The van der Waals surface area contributed by atoms with Gasteiger partial charge in [-0.1, -0.05) is 0 Å². The van der Waals surface area contributed by atoms with Crippen LogP contribution in [0.1, 0.15) is 41.5 Å². The van der Waals surface area contributed by atoms with Crippen molar-refractivity contribution in [3.8, 4) is 11.5 Å². The molecule has 0 saturated heterocycles. The van der Waals surface area contributed by atoms with E-state index < -0.39 is 96.4 Å². The molecule has 0 aliphatic rings. The zero-order valence-corrected chi connectivity index (χ0v) is 28.1. The molecular formula is C28H30F9IO7S. The van der Waals surface area contributed by atoms with Crippen LogP contribution in [0.3, 0.4) is 0 Å². The molecule has 2 aromatic rings. The van der Waals surface area contributed by atoms with E-state index in [-0.39, 0.29) is 11.5 Å². The van der Waals surface area contributed by atoms with Gasteiger partial charge in [-0.05, 0) is 0 Å². The van der Waals surface area contributed by atoms with Crippen molar-refractivity contribution >= 4 is 41.9 Å². The van der Waals surface area contributed by atoms with Crippen LogP contribution in [0.2, 0.25) is 0 Å². The number of carbonyl (C=O) groups is 2. The van der Waals surface area contributed by atoms with Gasteiger partial charge in [-0.15, -0.1) is 0 Å². The molecular weight excluding hydrogens is 778 g/mol. The number of para-hydroxylation sites is 2. The summed E-state index contributed by atoms with van der Waals surface area (Å²) in [7, 11) is -7.34. The summed E-state index contributed by atoms with van der Waals surface area (Å²) in [6, 6.07) is 9.31. The molecule has 0 aliphatic carbocycles. The summed E-state index contributed by atoms with van der Waals surface area (Å²) in [5, 5.41) is -7.13. The summed E-state index contributed by atoms with van der Waals surface area (Å²) in [4.78, 5) is 25.0. The van der Waals surface area contributed by atoms with Crippen molar-refractivity contribution in [2.75, 3.05) is 13.2 Å². The maximum absolute atomic E-state index is 14.8. The SMILES string of the molecule is CC(C)(C)C(=O)COc1ccccc1I(OS(=O)(=O)C(F)(F)C(F)(F)C(F)(F)C(F)(F)F)c1ccccc1OCC(=O)C(C)(C)C. The van der Waals surface area contributed by atoms with Crippen molar-refractivity contribution in [1.82, 2.24) is 0 Å². The molecule has 260 valence electrons. The van der Waals surface area contributed by atoms with Gasteiger partial charge in [-0.2, -0.15) is 0 Å². The quantitative estimate of drug-likeness (QED) is 0.150. The normalized spacial score (nSPS) is 14.1. The number of alkyl halides is 9. The summed E-state index contributed by atoms with van der Waals surface area (Å²) in [6.45, 7) is 7.86. The molecule has 18 heteroatoms. The standard InChI is InChI=1S/C28H30F9IO7S/c1-23(2,3)21(39)15-43-19-13-9-7-11-17(19)38(18-12-8-10-14-20(18)44-16-22(40)24(4,5)6)45-46(41,42)28(36,37)26(31,32)25(29,30)27(33,34)35/h7-14H,15-16H2,1-6H3. The molecule has 0 saturated carbocycles. The van der Waals surface area contributed by atoms with Gasteiger partial charge in [0, 0.05) is 0 Å². The molecule has 0 fully saturated rings. The van der Waals surface area contributed by atoms with Crippen LogP contribution in [0, 0.1) is 18.0 Å². The second-order valence-corrected chi connectivity index (χ2v) is 18.1. The predicted octanol–water partition coefficient (Wildman–Crippen LogP) is 7.91. The zero-order valence-electron chi connectivity index (χ0n) is 25.1. The number of halogens is 10. The van der Waals surface area contributed by atoms with E-state index in [1.165, 1.54) is 65.8 Å². The van der Waals surface area contributed by atoms with Crippen LogP contribution in [0.15, 0.2) is 48.5 Å². The number of ether oxygens (including phenoxy) is 2. The van der Waals surface area contributed by atoms with E-state index in [4.69, 9.17) is 9.47 Å². The Hall–Kier alpha value is -2.61. The van der Waals surface area contributed by atoms with E-state index in [0.29, 0.717) is 0 Å². The Balaban J connectivity index is 2.78. The number of carbonyl (C=O) groups excluding carboxylic acids is 2. The second kappa shape index (κ2) is 13.5. The third kappa shape index (κ3) is 8.26. The fourth-order valence-electron chi connectivity index (χ4n) is 2.94. The van der Waals surface area contributed by atoms with E-state index in [1.54, 1.807) is 0 Å². The van der Waals surface area contributed by atoms with Crippen molar-refractivity contribution < 1.29 is 69.5 Å². The van der Waals surface area contributed by atoms with Crippen molar-refractivity contribution in [2.45, 2.75) is 64.8 Å². The van der Waals surface area contributed by atoms with Crippen LogP contribution in [-0.2, 0) is 22.2 Å². The van der Waals surface area contributed by atoms with E-state index in [9.17, 15) is 57.5 Å². The van der Waals surface area contributed by atoms with Gasteiger partial charge in [0.2, 0.25) is 0 Å². The first-order valence-electron chi connectivity index (χ1n) is 12.9. The van der Waals surface area contributed by atoms with Gasteiger partial charge in [-0.25, -0.2) is 0 Å². The molecule has 0 N–H and O–H groups in total. The Morgan fingerprint density at radius 3 is 1.30 bits per heavy atom. The number of hydrogen-bond acceptors (Lipinski definition) is 7. The summed E-state index contributed by atoms with van der Waals surface area (Å²) in [5.74, 6) is -16.8. The first kappa shape index (κ1) is 39.6. The van der Waals surface area contributed by atoms with Gasteiger partial charge >= 0.3 is 267 Å². The van der Waals surface area contributed by atoms with Crippen LogP contribution in [0.4, 0.5) is 39.5 Å². The predicted molar refractivity (Wildman–Crippen MR) is 155 cm³/mol. The molecule has 0 aromatic heterocycles. The van der Waals surface area contributed by atoms with Crippen LogP contribution >= 0.6 is 20.2 Å². The first-order valence-corrected chi connectivity index (χ1v) is 17.4. The van der Waals surface area contributed by atoms with Gasteiger partial charge in [0.25, 0.3) is 0 Å². The Labute approximate surface area is 266 Å². The van der Waals surface area contributed by atoms with Crippen LogP contribution in [0.25, 0.3) is 0 Å². The van der Waals surface area contributed by atoms with Crippen molar-refractivity contribution in [1.29, 1.82) is 0 Å². The molecule has 0 unspecified atom stereocenters. The summed E-state index contributed by atoms with van der Waals surface area (Å²) < 4.78 is 164. The first-order chi connectivity index (χ1) is 20.6.